The fourth-order valence-electron chi connectivity index (χ4n) is 4.40. The summed E-state index contributed by atoms with van der Waals surface area (Å²) in [6.45, 7) is 9.39. The molecule has 1 amide bonds. The van der Waals surface area contributed by atoms with Crippen LogP contribution in [0.5, 0.6) is 0 Å². The van der Waals surface area contributed by atoms with E-state index in [4.69, 9.17) is 4.42 Å². The summed E-state index contributed by atoms with van der Waals surface area (Å²) >= 11 is 0. The monoisotopic (exact) mass is 416 g/mol. The number of hydrogen-bond acceptors (Lipinski definition) is 3. The molecule has 4 nitrogen and oxygen atoms in total. The fourth-order valence-corrected chi connectivity index (χ4v) is 4.40. The Bertz CT molecular complexity index is 1000. The predicted molar refractivity (Wildman–Crippen MR) is 126 cm³/mol. The van der Waals surface area contributed by atoms with Crippen LogP contribution in [-0.4, -0.2) is 29.9 Å². The van der Waals surface area contributed by atoms with Gasteiger partial charge in [-0.25, -0.2) is 0 Å². The Morgan fingerprint density at radius 1 is 1.00 bits per heavy atom. The Balaban J connectivity index is 1.48. The van der Waals surface area contributed by atoms with Crippen LogP contribution < -0.4 is 4.90 Å². The molecule has 0 saturated carbocycles. The third-order valence-corrected chi connectivity index (χ3v) is 6.47. The number of anilines is 1. The predicted octanol–water partition coefficient (Wildman–Crippen LogP) is 5.77. The molecule has 31 heavy (non-hydrogen) atoms. The van der Waals surface area contributed by atoms with Crippen LogP contribution in [0.2, 0.25) is 0 Å². The summed E-state index contributed by atoms with van der Waals surface area (Å²) in [6.07, 6.45) is 4.46. The number of benzene rings is 2. The van der Waals surface area contributed by atoms with E-state index < -0.39 is 0 Å². The van der Waals surface area contributed by atoms with Gasteiger partial charge in [-0.15, -0.1) is 0 Å². The molecule has 0 radical (unpaired) electrons. The Morgan fingerprint density at radius 2 is 1.71 bits per heavy atom. The van der Waals surface area contributed by atoms with Crippen molar-refractivity contribution in [1.82, 2.24) is 4.90 Å². The second-order valence-electron chi connectivity index (χ2n) is 8.60. The van der Waals surface area contributed by atoms with Crippen LogP contribution in [-0.2, 0) is 13.0 Å². The zero-order valence-corrected chi connectivity index (χ0v) is 18.8. The molecule has 1 aromatic heterocycles. The molecule has 1 aliphatic rings. The number of piperidine rings is 1. The molecule has 0 spiro atoms. The molecular formula is C27H32N2O2. The van der Waals surface area contributed by atoms with Gasteiger partial charge in [-0.1, -0.05) is 37.3 Å². The third kappa shape index (κ3) is 4.91. The first-order valence-electron chi connectivity index (χ1n) is 11.3. The lowest BCUT2D eigenvalue weighted by molar-refractivity contribution is 0.0931. The first-order valence-corrected chi connectivity index (χ1v) is 11.3. The van der Waals surface area contributed by atoms with Gasteiger partial charge in [-0.05, 0) is 79.6 Å². The van der Waals surface area contributed by atoms with Crippen molar-refractivity contribution in [2.75, 3.05) is 18.0 Å². The second kappa shape index (κ2) is 9.52. The number of rotatable bonds is 6. The molecule has 0 unspecified atom stereocenters. The minimum Gasteiger partial charge on any atom is -0.459 e. The minimum absolute atomic E-state index is 0.0538. The van der Waals surface area contributed by atoms with Crippen molar-refractivity contribution >= 4 is 11.6 Å². The van der Waals surface area contributed by atoms with E-state index in [0.717, 1.165) is 44.6 Å². The molecule has 1 fully saturated rings. The summed E-state index contributed by atoms with van der Waals surface area (Å²) in [5.41, 5.74) is 6.27. The van der Waals surface area contributed by atoms with E-state index in [-0.39, 0.29) is 11.9 Å². The maximum Gasteiger partial charge on any atom is 0.294 e. The molecule has 3 aromatic rings. The number of carbonyl (C=O) groups excluding carboxylic acids is 1. The Labute approximate surface area is 185 Å². The first kappa shape index (κ1) is 21.4. The van der Waals surface area contributed by atoms with Crippen LogP contribution in [0.3, 0.4) is 0 Å². The van der Waals surface area contributed by atoms with Crippen LogP contribution in [0.25, 0.3) is 0 Å². The van der Waals surface area contributed by atoms with Gasteiger partial charge in [0.25, 0.3) is 5.91 Å². The van der Waals surface area contributed by atoms with Gasteiger partial charge in [0.05, 0.1) is 6.26 Å². The summed E-state index contributed by atoms with van der Waals surface area (Å²) < 4.78 is 5.45. The SMILES string of the molecule is CCc1ccc(N(C(=O)c2ccco2)C2CCN(Cc3ccc(C)c(C)c3)CC2)cc1. The summed E-state index contributed by atoms with van der Waals surface area (Å²) in [5, 5.41) is 0. The molecule has 4 rings (SSSR count). The largest absolute Gasteiger partial charge is 0.459 e. The molecule has 162 valence electrons. The van der Waals surface area contributed by atoms with Gasteiger partial charge in [0.2, 0.25) is 0 Å². The molecule has 0 aliphatic carbocycles. The van der Waals surface area contributed by atoms with Crippen LogP contribution in [0.1, 0.15) is 52.6 Å². The van der Waals surface area contributed by atoms with Gasteiger partial charge in [-0.3, -0.25) is 9.69 Å². The van der Waals surface area contributed by atoms with Crippen molar-refractivity contribution < 1.29 is 9.21 Å². The number of carbonyl (C=O) groups is 1. The van der Waals surface area contributed by atoms with Crippen molar-refractivity contribution in [2.45, 2.75) is 52.6 Å². The molecule has 1 aliphatic heterocycles. The van der Waals surface area contributed by atoms with Crippen LogP contribution in [0.4, 0.5) is 5.69 Å². The molecule has 0 N–H and O–H groups in total. The van der Waals surface area contributed by atoms with Crippen LogP contribution >= 0.6 is 0 Å². The van der Waals surface area contributed by atoms with Gasteiger partial charge < -0.3 is 9.32 Å². The average molecular weight is 417 g/mol. The number of hydrogen-bond donors (Lipinski definition) is 0. The molecule has 4 heteroatoms. The maximum absolute atomic E-state index is 13.3. The topological polar surface area (TPSA) is 36.7 Å². The van der Waals surface area contributed by atoms with Gasteiger partial charge >= 0.3 is 0 Å². The Kier molecular flexibility index (Phi) is 6.57. The highest BCUT2D eigenvalue weighted by atomic mass is 16.3. The summed E-state index contributed by atoms with van der Waals surface area (Å²) in [4.78, 5) is 17.8. The van der Waals surface area contributed by atoms with Crippen molar-refractivity contribution in [3.63, 3.8) is 0 Å². The van der Waals surface area contributed by atoms with Crippen molar-refractivity contribution in [2.24, 2.45) is 0 Å². The fraction of sp³-hybridized carbons (Fsp3) is 0.370. The summed E-state index contributed by atoms with van der Waals surface area (Å²) in [6, 6.07) is 18.8. The Morgan fingerprint density at radius 3 is 2.32 bits per heavy atom. The molecular weight excluding hydrogens is 384 g/mol. The van der Waals surface area contributed by atoms with Crippen LogP contribution in [0.15, 0.2) is 65.3 Å². The lowest BCUT2D eigenvalue weighted by atomic mass is 10.00. The van der Waals surface area contributed by atoms with Crippen molar-refractivity contribution in [3.8, 4) is 0 Å². The molecule has 2 aromatic carbocycles. The van der Waals surface area contributed by atoms with E-state index in [1.165, 1.54) is 22.3 Å². The normalized spacial score (nSPS) is 15.2. The minimum atomic E-state index is -0.0538. The zero-order chi connectivity index (χ0) is 21.8. The number of likely N-dealkylation sites (tertiary alicyclic amines) is 1. The van der Waals surface area contributed by atoms with Gasteiger partial charge in [0, 0.05) is 31.4 Å². The van der Waals surface area contributed by atoms with Crippen molar-refractivity contribution in [1.29, 1.82) is 0 Å². The zero-order valence-electron chi connectivity index (χ0n) is 18.8. The van der Waals surface area contributed by atoms with E-state index >= 15 is 0 Å². The molecule has 0 bridgehead atoms. The highest BCUT2D eigenvalue weighted by Crippen LogP contribution is 2.27. The van der Waals surface area contributed by atoms with E-state index in [9.17, 15) is 4.79 Å². The standard InChI is InChI=1S/C27H32N2O2/c1-4-22-9-11-24(12-10-22)29(27(30)26-6-5-17-31-26)25-13-15-28(16-14-25)19-23-8-7-20(2)21(3)18-23/h5-12,17-18,25H,4,13-16,19H2,1-3H3. The smallest absolute Gasteiger partial charge is 0.294 e. The number of amides is 1. The van der Waals surface area contributed by atoms with Gasteiger partial charge in [0.15, 0.2) is 5.76 Å². The summed E-state index contributed by atoms with van der Waals surface area (Å²) in [5.74, 6) is 0.346. The lowest BCUT2D eigenvalue weighted by Crippen LogP contribution is -2.47. The molecule has 1 saturated heterocycles. The van der Waals surface area contributed by atoms with Crippen molar-refractivity contribution in [3.05, 3.63) is 88.9 Å². The van der Waals surface area contributed by atoms with E-state index in [2.05, 4.69) is 68.1 Å². The molecule has 2 heterocycles. The first-order chi connectivity index (χ1) is 15.0. The number of furan rings is 1. The average Bonchev–Trinajstić information content (AvgIpc) is 3.33. The highest BCUT2D eigenvalue weighted by molar-refractivity contribution is 6.04. The van der Waals surface area contributed by atoms with Gasteiger partial charge in [0.1, 0.15) is 0 Å². The Hall–Kier alpha value is -2.85. The van der Waals surface area contributed by atoms with Crippen LogP contribution in [0, 0.1) is 13.8 Å². The molecule has 0 atom stereocenters. The van der Waals surface area contributed by atoms with Gasteiger partial charge in [-0.2, -0.15) is 0 Å². The quantitative estimate of drug-likeness (QED) is 0.512. The lowest BCUT2D eigenvalue weighted by Gasteiger charge is -2.38. The third-order valence-electron chi connectivity index (χ3n) is 6.47. The van der Waals surface area contributed by atoms with E-state index in [1.807, 2.05) is 4.90 Å². The van der Waals surface area contributed by atoms with E-state index in [0.29, 0.717) is 5.76 Å². The van der Waals surface area contributed by atoms with E-state index in [1.54, 1.807) is 18.4 Å². The maximum atomic E-state index is 13.3. The second-order valence-corrected chi connectivity index (χ2v) is 8.60. The summed E-state index contributed by atoms with van der Waals surface area (Å²) in [7, 11) is 0. The highest BCUT2D eigenvalue weighted by Gasteiger charge is 2.31. The number of nitrogens with zero attached hydrogens (tertiary/aromatic N) is 2. The number of aryl methyl sites for hydroxylation is 3.